The number of anilines is 1. The van der Waals surface area contributed by atoms with Gasteiger partial charge in [-0.1, -0.05) is 76.4 Å². The molecule has 1 aliphatic carbocycles. The number of rotatable bonds is 7. The molecule has 1 aromatic heterocycles. The number of hydrogen-bond acceptors (Lipinski definition) is 2. The summed E-state index contributed by atoms with van der Waals surface area (Å²) in [6, 6.07) is 15.5. The number of para-hydroxylation sites is 2. The van der Waals surface area contributed by atoms with Crippen molar-refractivity contribution < 1.29 is 9.59 Å². The van der Waals surface area contributed by atoms with E-state index >= 15 is 0 Å². The lowest BCUT2D eigenvalue weighted by atomic mass is 9.86. The maximum absolute atomic E-state index is 13.6. The Kier molecular flexibility index (Phi) is 7.72. The Labute approximate surface area is 214 Å². The van der Waals surface area contributed by atoms with E-state index in [1.54, 1.807) is 0 Å². The van der Waals surface area contributed by atoms with Crippen LogP contribution in [0.2, 0.25) is 0 Å². The zero-order valence-electron chi connectivity index (χ0n) is 22.0. The van der Waals surface area contributed by atoms with Crippen molar-refractivity contribution in [1.29, 1.82) is 0 Å². The van der Waals surface area contributed by atoms with E-state index in [-0.39, 0.29) is 17.4 Å². The van der Waals surface area contributed by atoms with Gasteiger partial charge >= 0.3 is 6.03 Å². The van der Waals surface area contributed by atoms with Gasteiger partial charge in [-0.25, -0.2) is 4.79 Å². The van der Waals surface area contributed by atoms with Crippen LogP contribution in [0, 0.1) is 5.92 Å². The lowest BCUT2D eigenvalue weighted by molar-refractivity contribution is -0.126. The van der Waals surface area contributed by atoms with Crippen LogP contribution in [0.5, 0.6) is 0 Å². The van der Waals surface area contributed by atoms with Gasteiger partial charge in [0.25, 0.3) is 0 Å². The minimum atomic E-state index is -1.12. The Bertz CT molecular complexity index is 1200. The Morgan fingerprint density at radius 2 is 1.64 bits per heavy atom. The molecule has 0 saturated heterocycles. The maximum Gasteiger partial charge on any atom is 0.320 e. The summed E-state index contributed by atoms with van der Waals surface area (Å²) in [4.78, 5) is 30.2. The SMILES string of the molecule is CC(Cc1c[nH]c2ccccc12)(NC(=O)Nc1ccccc1C(C)(C)C)C(=O)NCC1CCCCC1. The number of benzene rings is 2. The molecule has 2 aromatic carbocycles. The molecule has 0 bridgehead atoms. The first-order valence-electron chi connectivity index (χ1n) is 13.2. The van der Waals surface area contributed by atoms with Crippen molar-refractivity contribution in [3.05, 3.63) is 65.9 Å². The molecule has 0 aliphatic heterocycles. The van der Waals surface area contributed by atoms with E-state index in [2.05, 4.69) is 41.7 Å². The number of fused-ring (bicyclic) bond motifs is 1. The summed E-state index contributed by atoms with van der Waals surface area (Å²) in [5.41, 5.74) is 2.55. The maximum atomic E-state index is 13.6. The lowest BCUT2D eigenvalue weighted by Crippen LogP contribution is -2.59. The summed E-state index contributed by atoms with van der Waals surface area (Å²) in [7, 11) is 0. The van der Waals surface area contributed by atoms with E-state index in [0.717, 1.165) is 40.6 Å². The third-order valence-electron chi connectivity index (χ3n) is 7.37. The van der Waals surface area contributed by atoms with Crippen LogP contribution < -0.4 is 16.0 Å². The van der Waals surface area contributed by atoms with Crippen molar-refractivity contribution in [2.75, 3.05) is 11.9 Å². The fourth-order valence-electron chi connectivity index (χ4n) is 5.31. The Morgan fingerprint density at radius 1 is 0.944 bits per heavy atom. The number of H-pyrrole nitrogens is 1. The average Bonchev–Trinajstić information content (AvgIpc) is 3.25. The molecule has 6 heteroatoms. The number of carbonyl (C=O) groups is 2. The second-order valence-electron chi connectivity index (χ2n) is 11.5. The molecule has 1 aliphatic rings. The van der Waals surface area contributed by atoms with Gasteiger partial charge in [-0.3, -0.25) is 4.79 Å². The minimum Gasteiger partial charge on any atom is -0.361 e. The first-order valence-corrected chi connectivity index (χ1v) is 13.2. The van der Waals surface area contributed by atoms with E-state index in [0.29, 0.717) is 18.9 Å². The molecule has 1 fully saturated rings. The average molecular weight is 489 g/mol. The summed E-state index contributed by atoms with van der Waals surface area (Å²) in [6.45, 7) is 8.82. The Hall–Kier alpha value is -3.28. The summed E-state index contributed by atoms with van der Waals surface area (Å²) in [5.74, 6) is 0.352. The molecule has 3 amide bonds. The molecular weight excluding hydrogens is 448 g/mol. The van der Waals surface area contributed by atoms with Gasteiger partial charge < -0.3 is 20.9 Å². The molecule has 4 N–H and O–H groups in total. The number of hydrogen-bond donors (Lipinski definition) is 4. The molecule has 1 atom stereocenters. The first kappa shape index (κ1) is 25.8. The summed E-state index contributed by atoms with van der Waals surface area (Å²) < 4.78 is 0. The number of aromatic nitrogens is 1. The quantitative estimate of drug-likeness (QED) is 0.315. The van der Waals surface area contributed by atoms with Gasteiger partial charge in [0.05, 0.1) is 0 Å². The highest BCUT2D eigenvalue weighted by atomic mass is 16.2. The second-order valence-corrected chi connectivity index (χ2v) is 11.5. The number of nitrogens with one attached hydrogen (secondary N) is 4. The molecule has 192 valence electrons. The van der Waals surface area contributed by atoms with Crippen LogP contribution in [0.1, 0.15) is 70.9 Å². The zero-order chi connectivity index (χ0) is 25.8. The predicted molar refractivity (Wildman–Crippen MR) is 147 cm³/mol. The van der Waals surface area contributed by atoms with Gasteiger partial charge in [0.1, 0.15) is 5.54 Å². The molecule has 6 nitrogen and oxygen atoms in total. The lowest BCUT2D eigenvalue weighted by Gasteiger charge is -2.31. The van der Waals surface area contributed by atoms with Crippen LogP contribution in [-0.4, -0.2) is 29.0 Å². The highest BCUT2D eigenvalue weighted by Gasteiger charge is 2.36. The van der Waals surface area contributed by atoms with Crippen molar-refractivity contribution in [1.82, 2.24) is 15.6 Å². The number of amides is 3. The molecule has 3 aromatic rings. The van der Waals surface area contributed by atoms with Crippen LogP contribution in [0.3, 0.4) is 0 Å². The van der Waals surface area contributed by atoms with Crippen LogP contribution in [0.15, 0.2) is 54.7 Å². The van der Waals surface area contributed by atoms with Gasteiger partial charge in [-0.2, -0.15) is 0 Å². The van der Waals surface area contributed by atoms with Crippen LogP contribution >= 0.6 is 0 Å². The predicted octanol–water partition coefficient (Wildman–Crippen LogP) is 6.28. The fraction of sp³-hybridized carbons (Fsp3) is 0.467. The highest BCUT2D eigenvalue weighted by molar-refractivity contribution is 5.97. The van der Waals surface area contributed by atoms with E-state index in [9.17, 15) is 9.59 Å². The third kappa shape index (κ3) is 6.10. The molecule has 36 heavy (non-hydrogen) atoms. The number of aromatic amines is 1. The normalized spacial score (nSPS) is 16.3. The molecule has 0 spiro atoms. The van der Waals surface area contributed by atoms with Gasteiger partial charge in [0.2, 0.25) is 5.91 Å². The summed E-state index contributed by atoms with van der Waals surface area (Å²) in [5, 5.41) is 10.3. The molecule has 1 heterocycles. The Balaban J connectivity index is 1.55. The first-order chi connectivity index (χ1) is 17.2. The smallest absolute Gasteiger partial charge is 0.320 e. The van der Waals surface area contributed by atoms with Crippen molar-refractivity contribution in [2.45, 2.75) is 77.2 Å². The summed E-state index contributed by atoms with van der Waals surface area (Å²) >= 11 is 0. The number of urea groups is 1. The zero-order valence-corrected chi connectivity index (χ0v) is 22.0. The largest absolute Gasteiger partial charge is 0.361 e. The third-order valence-corrected chi connectivity index (χ3v) is 7.37. The van der Waals surface area contributed by atoms with Crippen molar-refractivity contribution in [2.24, 2.45) is 5.92 Å². The second kappa shape index (κ2) is 10.8. The standard InChI is InChI=1S/C30H40N4O2/c1-29(2,3)24-15-9-11-17-26(24)33-28(36)34-30(4,27(35)32-19-21-12-6-5-7-13-21)18-22-20-31-25-16-10-8-14-23(22)25/h8-11,14-17,20-21,31H,5-7,12-13,18-19H2,1-4H3,(H,32,35)(H2,33,34,36). The highest BCUT2D eigenvalue weighted by Crippen LogP contribution is 2.30. The molecular formula is C30H40N4O2. The molecule has 4 rings (SSSR count). The monoisotopic (exact) mass is 488 g/mol. The van der Waals surface area contributed by atoms with Crippen molar-refractivity contribution in [3.63, 3.8) is 0 Å². The minimum absolute atomic E-state index is 0.130. The van der Waals surface area contributed by atoms with E-state index in [4.69, 9.17) is 0 Å². The van der Waals surface area contributed by atoms with Crippen LogP contribution in [0.25, 0.3) is 10.9 Å². The molecule has 1 unspecified atom stereocenters. The van der Waals surface area contributed by atoms with Crippen LogP contribution in [-0.2, 0) is 16.6 Å². The molecule has 1 saturated carbocycles. The van der Waals surface area contributed by atoms with Gasteiger partial charge in [-0.05, 0) is 54.4 Å². The Morgan fingerprint density at radius 3 is 2.39 bits per heavy atom. The van der Waals surface area contributed by atoms with Gasteiger partial charge in [0.15, 0.2) is 0 Å². The van der Waals surface area contributed by atoms with E-state index < -0.39 is 5.54 Å². The topological polar surface area (TPSA) is 86.0 Å². The number of carbonyl (C=O) groups excluding carboxylic acids is 2. The fourth-order valence-corrected chi connectivity index (χ4v) is 5.31. The van der Waals surface area contributed by atoms with Crippen molar-refractivity contribution in [3.8, 4) is 0 Å². The summed E-state index contributed by atoms with van der Waals surface area (Å²) in [6.07, 6.45) is 8.34. The van der Waals surface area contributed by atoms with E-state index in [1.165, 1.54) is 19.3 Å². The van der Waals surface area contributed by atoms with Gasteiger partial charge in [0, 0.05) is 35.8 Å². The van der Waals surface area contributed by atoms with Crippen LogP contribution in [0.4, 0.5) is 10.5 Å². The van der Waals surface area contributed by atoms with Gasteiger partial charge in [-0.15, -0.1) is 0 Å². The van der Waals surface area contributed by atoms with Crippen molar-refractivity contribution >= 4 is 28.5 Å². The van der Waals surface area contributed by atoms with E-state index in [1.807, 2.05) is 61.7 Å². The molecule has 0 radical (unpaired) electrons.